The van der Waals surface area contributed by atoms with E-state index in [-0.39, 0.29) is 5.16 Å². The first-order valence-corrected chi connectivity index (χ1v) is 2.02. The number of nitrogens with zero attached hydrogens (tertiary/aromatic N) is 1. The van der Waals surface area contributed by atoms with Gasteiger partial charge in [-0.15, -0.1) is 0 Å². The summed E-state index contributed by atoms with van der Waals surface area (Å²) in [5, 5.41) is 9.20. The highest BCUT2D eigenvalue weighted by Crippen LogP contribution is 1.98. The van der Waals surface area contributed by atoms with Gasteiger partial charge in [0.2, 0.25) is 0 Å². The summed E-state index contributed by atoms with van der Waals surface area (Å²) in [5.41, 5.74) is 0. The van der Waals surface area contributed by atoms with Crippen LogP contribution in [0.1, 0.15) is 6.92 Å². The zero-order chi connectivity index (χ0) is 5.86. The zero-order valence-corrected chi connectivity index (χ0v) is 4.47. The minimum absolute atomic E-state index is 0.333. The smallest absolute Gasteiger partial charge is 0.257 e. The van der Waals surface area contributed by atoms with Gasteiger partial charge in [0.1, 0.15) is 0 Å². The first-order chi connectivity index (χ1) is 3.18. The van der Waals surface area contributed by atoms with E-state index < -0.39 is 4.92 Å². The van der Waals surface area contributed by atoms with Crippen LogP contribution in [0.15, 0.2) is 11.2 Å². The Morgan fingerprint density at radius 2 is 2.43 bits per heavy atom. The van der Waals surface area contributed by atoms with Gasteiger partial charge in [-0.2, -0.15) is 0 Å². The third-order valence-electron chi connectivity index (χ3n) is 0.413. The van der Waals surface area contributed by atoms with E-state index in [1.54, 1.807) is 0 Å². The second-order valence-electron chi connectivity index (χ2n) is 0.869. The fourth-order valence-electron chi connectivity index (χ4n) is 0.105. The van der Waals surface area contributed by atoms with Gasteiger partial charge in [0.25, 0.3) is 0 Å². The first-order valence-electron chi connectivity index (χ1n) is 1.64. The molecule has 4 heteroatoms. The third-order valence-corrected chi connectivity index (χ3v) is 0.769. The molecule has 0 aliphatic carbocycles. The highest BCUT2D eigenvalue weighted by atomic mass is 35.5. The average Bonchev–Trinajstić information content (AvgIpc) is 1.65. The molecular weight excluding hydrogens is 117 g/mol. The lowest BCUT2D eigenvalue weighted by Gasteiger charge is -1.78. The summed E-state index contributed by atoms with van der Waals surface area (Å²) in [7, 11) is 0. The number of halogens is 1. The van der Waals surface area contributed by atoms with Crippen molar-refractivity contribution in [3.8, 4) is 0 Å². The van der Waals surface area contributed by atoms with E-state index in [0.29, 0.717) is 0 Å². The molecule has 0 N–H and O–H groups in total. The molecule has 0 aromatic rings. The van der Waals surface area contributed by atoms with Crippen LogP contribution in [0.2, 0.25) is 0 Å². The van der Waals surface area contributed by atoms with E-state index in [1.165, 1.54) is 13.0 Å². The molecule has 0 spiro atoms. The standard InChI is InChI=1S/C3H4ClNO2/c1-2-3(4)5(6)7/h2H,1H3/b3-2+. The largest absolute Gasteiger partial charge is 0.332 e. The Morgan fingerprint density at radius 3 is 2.43 bits per heavy atom. The highest BCUT2D eigenvalue weighted by Gasteiger charge is 1.98. The molecule has 0 radical (unpaired) electrons. The van der Waals surface area contributed by atoms with Gasteiger partial charge >= 0.3 is 5.16 Å². The van der Waals surface area contributed by atoms with Crippen LogP contribution in [0, 0.1) is 10.1 Å². The molecule has 40 valence electrons. The van der Waals surface area contributed by atoms with Crippen LogP contribution < -0.4 is 0 Å². The number of allylic oxidation sites excluding steroid dienone is 1. The van der Waals surface area contributed by atoms with Crippen LogP contribution in [-0.2, 0) is 0 Å². The van der Waals surface area contributed by atoms with Crippen molar-refractivity contribution in [2.75, 3.05) is 0 Å². The van der Waals surface area contributed by atoms with Crippen LogP contribution in [0.3, 0.4) is 0 Å². The van der Waals surface area contributed by atoms with Gasteiger partial charge in [0.05, 0.1) is 4.92 Å². The molecule has 0 aromatic carbocycles. The summed E-state index contributed by atoms with van der Waals surface area (Å²) in [5.74, 6) is 0. The number of hydrogen-bond donors (Lipinski definition) is 0. The first kappa shape index (κ1) is 6.43. The fourth-order valence-corrected chi connectivity index (χ4v) is 0.105. The van der Waals surface area contributed by atoms with E-state index in [9.17, 15) is 10.1 Å². The van der Waals surface area contributed by atoms with E-state index in [1.807, 2.05) is 0 Å². The Kier molecular flexibility index (Phi) is 2.37. The summed E-state index contributed by atoms with van der Waals surface area (Å²) >= 11 is 4.96. The van der Waals surface area contributed by atoms with Gasteiger partial charge in [-0.1, -0.05) is 0 Å². The van der Waals surface area contributed by atoms with Gasteiger partial charge in [0, 0.05) is 6.08 Å². The number of nitro groups is 1. The van der Waals surface area contributed by atoms with Crippen molar-refractivity contribution in [1.82, 2.24) is 0 Å². The Labute approximate surface area is 45.7 Å². The molecule has 7 heavy (non-hydrogen) atoms. The van der Waals surface area contributed by atoms with Crippen molar-refractivity contribution >= 4 is 11.6 Å². The van der Waals surface area contributed by atoms with E-state index in [0.717, 1.165) is 0 Å². The number of rotatable bonds is 1. The van der Waals surface area contributed by atoms with Gasteiger partial charge in [-0.3, -0.25) is 10.1 Å². The maximum absolute atomic E-state index is 9.54. The molecule has 0 unspecified atom stereocenters. The maximum atomic E-state index is 9.54. The predicted molar refractivity (Wildman–Crippen MR) is 26.6 cm³/mol. The van der Waals surface area contributed by atoms with Crippen molar-refractivity contribution in [3.05, 3.63) is 21.3 Å². The van der Waals surface area contributed by atoms with Crippen molar-refractivity contribution < 1.29 is 4.92 Å². The lowest BCUT2D eigenvalue weighted by molar-refractivity contribution is -0.412. The molecule has 0 aromatic heterocycles. The van der Waals surface area contributed by atoms with Crippen molar-refractivity contribution in [2.45, 2.75) is 6.92 Å². The second-order valence-corrected chi connectivity index (χ2v) is 1.26. The molecule has 0 fully saturated rings. The monoisotopic (exact) mass is 121 g/mol. The zero-order valence-electron chi connectivity index (χ0n) is 3.72. The molecule has 3 nitrogen and oxygen atoms in total. The molecule has 0 bridgehead atoms. The molecule has 0 aliphatic heterocycles. The SMILES string of the molecule is C/C=C(\Cl)[N+](=O)[O-]. The minimum Gasteiger partial charge on any atom is -0.257 e. The van der Waals surface area contributed by atoms with Crippen LogP contribution in [0.5, 0.6) is 0 Å². The van der Waals surface area contributed by atoms with Gasteiger partial charge in [-0.25, -0.2) is 0 Å². The summed E-state index contributed by atoms with van der Waals surface area (Å²) in [6.07, 6.45) is 1.22. The summed E-state index contributed by atoms with van der Waals surface area (Å²) < 4.78 is 0. The Morgan fingerprint density at radius 1 is 2.00 bits per heavy atom. The van der Waals surface area contributed by atoms with Crippen LogP contribution in [-0.4, -0.2) is 4.92 Å². The molecular formula is C3H4ClNO2. The lowest BCUT2D eigenvalue weighted by Crippen LogP contribution is -1.88. The highest BCUT2D eigenvalue weighted by molar-refractivity contribution is 6.27. The normalized spacial score (nSPS) is 11.4. The van der Waals surface area contributed by atoms with E-state index in [2.05, 4.69) is 0 Å². The Balaban J connectivity index is 3.82. The minimum atomic E-state index is -0.651. The Bertz CT molecular complexity index is 110. The summed E-state index contributed by atoms with van der Waals surface area (Å²) in [4.78, 5) is 8.88. The van der Waals surface area contributed by atoms with Crippen LogP contribution in [0.25, 0.3) is 0 Å². The molecule has 0 aliphatic rings. The predicted octanol–water partition coefficient (Wildman–Crippen LogP) is 1.36. The second kappa shape index (κ2) is 2.58. The summed E-state index contributed by atoms with van der Waals surface area (Å²) in [6, 6.07) is 0. The molecule has 0 saturated carbocycles. The van der Waals surface area contributed by atoms with Gasteiger partial charge < -0.3 is 0 Å². The average molecular weight is 122 g/mol. The molecule has 0 amide bonds. The Hall–Kier alpha value is -0.570. The lowest BCUT2D eigenvalue weighted by atomic mass is 10.7. The molecule has 0 heterocycles. The molecule has 0 rings (SSSR count). The van der Waals surface area contributed by atoms with Crippen molar-refractivity contribution in [2.24, 2.45) is 0 Å². The van der Waals surface area contributed by atoms with E-state index >= 15 is 0 Å². The van der Waals surface area contributed by atoms with Crippen molar-refractivity contribution in [1.29, 1.82) is 0 Å². The van der Waals surface area contributed by atoms with E-state index in [4.69, 9.17) is 11.6 Å². The molecule has 0 atom stereocenters. The maximum Gasteiger partial charge on any atom is 0.332 e. The van der Waals surface area contributed by atoms with Crippen LogP contribution >= 0.6 is 11.6 Å². The quantitative estimate of drug-likeness (QED) is 0.299. The third kappa shape index (κ3) is 2.17. The van der Waals surface area contributed by atoms with Gasteiger partial charge in [-0.05, 0) is 18.5 Å². The fraction of sp³-hybridized carbons (Fsp3) is 0.333. The number of hydrogen-bond acceptors (Lipinski definition) is 2. The van der Waals surface area contributed by atoms with Crippen molar-refractivity contribution in [3.63, 3.8) is 0 Å². The molecule has 0 saturated heterocycles. The van der Waals surface area contributed by atoms with Gasteiger partial charge in [0.15, 0.2) is 0 Å². The topological polar surface area (TPSA) is 43.1 Å². The van der Waals surface area contributed by atoms with Crippen LogP contribution in [0.4, 0.5) is 0 Å². The summed E-state index contributed by atoms with van der Waals surface area (Å²) in [6.45, 7) is 1.51.